The second kappa shape index (κ2) is 4.45. The maximum atomic E-state index is 12.2. The molecule has 0 aliphatic carbocycles. The molecule has 0 unspecified atom stereocenters. The lowest BCUT2D eigenvalue weighted by Gasteiger charge is -2.11. The number of pyridine rings is 1. The second-order valence-corrected chi connectivity index (χ2v) is 4.77. The molecular weight excluding hydrogens is 367 g/mol. The van der Waals surface area contributed by atoms with Crippen molar-refractivity contribution >= 4 is 42.8 Å². The van der Waals surface area contributed by atoms with Gasteiger partial charge in [0.15, 0.2) is 5.75 Å². The topological polar surface area (TPSA) is 22.1 Å². The molecule has 0 aliphatic heterocycles. The van der Waals surface area contributed by atoms with Crippen molar-refractivity contribution in [2.45, 2.75) is 6.36 Å². The Hall–Kier alpha value is -0.820. The first kappa shape index (κ1) is 12.6. The number of nitrogens with zero attached hydrogens (tertiary/aromatic N) is 1. The van der Waals surface area contributed by atoms with E-state index in [1.165, 1.54) is 18.3 Å². The van der Waals surface area contributed by atoms with Crippen LogP contribution in [0, 0.1) is 0 Å². The fourth-order valence-electron chi connectivity index (χ4n) is 1.35. The summed E-state index contributed by atoms with van der Waals surface area (Å²) in [6.07, 6.45) is -3.31. The number of benzene rings is 1. The van der Waals surface area contributed by atoms with Gasteiger partial charge in [-0.25, -0.2) is 0 Å². The molecule has 0 atom stereocenters. The van der Waals surface area contributed by atoms with E-state index in [0.717, 1.165) is 0 Å². The van der Waals surface area contributed by atoms with Crippen molar-refractivity contribution in [3.05, 3.63) is 33.3 Å². The average Bonchev–Trinajstić information content (AvgIpc) is 2.22. The third kappa shape index (κ3) is 2.71. The van der Waals surface area contributed by atoms with Gasteiger partial charge in [0.2, 0.25) is 0 Å². The quantitative estimate of drug-likeness (QED) is 0.728. The summed E-state index contributed by atoms with van der Waals surface area (Å²) in [6, 6.07) is 4.35. The summed E-state index contributed by atoms with van der Waals surface area (Å²) in [4.78, 5) is 3.92. The second-order valence-electron chi connectivity index (χ2n) is 3.12. The van der Waals surface area contributed by atoms with Crippen LogP contribution in [-0.4, -0.2) is 11.3 Å². The molecule has 0 fully saturated rings. The highest BCUT2D eigenvalue weighted by Gasteiger charge is 2.32. The third-order valence-electron chi connectivity index (χ3n) is 1.98. The van der Waals surface area contributed by atoms with Crippen molar-refractivity contribution in [2.75, 3.05) is 0 Å². The largest absolute Gasteiger partial charge is 0.573 e. The summed E-state index contributed by atoms with van der Waals surface area (Å²) in [5, 5.41) is 0.543. The maximum Gasteiger partial charge on any atom is 0.573 e. The van der Waals surface area contributed by atoms with E-state index in [0.29, 0.717) is 14.3 Å². The molecule has 0 radical (unpaired) electrons. The molecule has 90 valence electrons. The number of hydrogen-bond donors (Lipinski definition) is 0. The molecule has 0 spiro atoms. The summed E-state index contributed by atoms with van der Waals surface area (Å²) in [5.41, 5.74) is 0.153. The van der Waals surface area contributed by atoms with Gasteiger partial charge in [0.05, 0.1) is 4.47 Å². The zero-order chi connectivity index (χ0) is 12.6. The van der Waals surface area contributed by atoms with E-state index in [-0.39, 0.29) is 11.3 Å². The van der Waals surface area contributed by atoms with Crippen LogP contribution in [0.2, 0.25) is 0 Å². The number of para-hydroxylation sites is 1. The molecule has 0 saturated heterocycles. The predicted molar refractivity (Wildman–Crippen MR) is 63.8 cm³/mol. The Morgan fingerprint density at radius 2 is 1.88 bits per heavy atom. The van der Waals surface area contributed by atoms with E-state index in [4.69, 9.17) is 0 Å². The molecule has 2 nitrogen and oxygen atoms in total. The fourth-order valence-corrected chi connectivity index (χ4v) is 2.08. The number of halogens is 5. The summed E-state index contributed by atoms with van der Waals surface area (Å²) >= 11 is 6.50. The monoisotopic (exact) mass is 369 g/mol. The maximum absolute atomic E-state index is 12.2. The first-order valence-electron chi connectivity index (χ1n) is 4.37. The molecule has 0 bridgehead atoms. The molecule has 1 heterocycles. The van der Waals surface area contributed by atoms with Crippen molar-refractivity contribution in [3.63, 3.8) is 0 Å². The van der Waals surface area contributed by atoms with E-state index in [1.54, 1.807) is 6.07 Å². The van der Waals surface area contributed by atoms with Crippen LogP contribution < -0.4 is 4.74 Å². The minimum Gasteiger partial charge on any atom is -0.403 e. The normalized spacial score (nSPS) is 11.8. The lowest BCUT2D eigenvalue weighted by Crippen LogP contribution is -2.17. The molecule has 0 aliphatic rings. The molecule has 7 heteroatoms. The van der Waals surface area contributed by atoms with Crippen LogP contribution in [0.5, 0.6) is 5.75 Å². The molecule has 0 saturated carbocycles. The SMILES string of the molecule is FC(F)(F)Oc1cccc2c(Br)c(Br)cnc12. The van der Waals surface area contributed by atoms with Crippen LogP contribution in [0.4, 0.5) is 13.2 Å². The molecule has 0 N–H and O–H groups in total. The number of alkyl halides is 3. The molecule has 1 aromatic carbocycles. The Bertz CT molecular complexity index is 571. The third-order valence-corrected chi connectivity index (χ3v) is 3.97. The Morgan fingerprint density at radius 1 is 1.18 bits per heavy atom. The van der Waals surface area contributed by atoms with Gasteiger partial charge >= 0.3 is 6.36 Å². The van der Waals surface area contributed by atoms with Crippen LogP contribution in [0.15, 0.2) is 33.3 Å². The van der Waals surface area contributed by atoms with E-state index in [2.05, 4.69) is 41.6 Å². The minimum absolute atomic E-state index is 0.153. The smallest absolute Gasteiger partial charge is 0.403 e. The fraction of sp³-hybridized carbons (Fsp3) is 0.100. The van der Waals surface area contributed by atoms with Gasteiger partial charge < -0.3 is 4.74 Å². The van der Waals surface area contributed by atoms with Gasteiger partial charge in [-0.2, -0.15) is 0 Å². The number of rotatable bonds is 1. The average molecular weight is 371 g/mol. The summed E-state index contributed by atoms with van der Waals surface area (Å²) in [6.45, 7) is 0. The van der Waals surface area contributed by atoms with Crippen molar-refractivity contribution < 1.29 is 17.9 Å². The van der Waals surface area contributed by atoms with E-state index >= 15 is 0 Å². The van der Waals surface area contributed by atoms with Crippen molar-refractivity contribution in [2.24, 2.45) is 0 Å². The van der Waals surface area contributed by atoms with Gasteiger partial charge in [0.25, 0.3) is 0 Å². The van der Waals surface area contributed by atoms with E-state index in [1.807, 2.05) is 0 Å². The minimum atomic E-state index is -4.73. The Labute approximate surface area is 111 Å². The van der Waals surface area contributed by atoms with E-state index in [9.17, 15) is 13.2 Å². The van der Waals surface area contributed by atoms with E-state index < -0.39 is 6.36 Å². The predicted octanol–water partition coefficient (Wildman–Crippen LogP) is 4.66. The number of aromatic nitrogens is 1. The first-order valence-corrected chi connectivity index (χ1v) is 5.95. The van der Waals surface area contributed by atoms with Crippen LogP contribution >= 0.6 is 31.9 Å². The van der Waals surface area contributed by atoms with Crippen LogP contribution in [0.3, 0.4) is 0 Å². The zero-order valence-electron chi connectivity index (χ0n) is 8.05. The Morgan fingerprint density at radius 3 is 2.53 bits per heavy atom. The Kier molecular flexibility index (Phi) is 3.31. The summed E-state index contributed by atoms with van der Waals surface area (Å²) in [5.74, 6) is -0.316. The van der Waals surface area contributed by atoms with Crippen LogP contribution in [0.1, 0.15) is 0 Å². The summed E-state index contributed by atoms with van der Waals surface area (Å²) < 4.78 is 41.7. The first-order chi connectivity index (χ1) is 7.88. The van der Waals surface area contributed by atoms with Crippen molar-refractivity contribution in [3.8, 4) is 5.75 Å². The van der Waals surface area contributed by atoms with Gasteiger partial charge in [-0.15, -0.1) is 13.2 Å². The van der Waals surface area contributed by atoms with Gasteiger partial charge in [0.1, 0.15) is 5.52 Å². The highest BCUT2D eigenvalue weighted by Crippen LogP contribution is 2.35. The lowest BCUT2D eigenvalue weighted by atomic mass is 10.2. The molecule has 2 aromatic rings. The van der Waals surface area contributed by atoms with Crippen LogP contribution in [-0.2, 0) is 0 Å². The molecule has 2 rings (SSSR count). The molecule has 1 aromatic heterocycles. The van der Waals surface area contributed by atoms with Crippen molar-refractivity contribution in [1.82, 2.24) is 4.98 Å². The van der Waals surface area contributed by atoms with Gasteiger partial charge in [-0.3, -0.25) is 4.98 Å². The molecular formula is C10H4Br2F3NO. The Balaban J connectivity index is 2.63. The lowest BCUT2D eigenvalue weighted by molar-refractivity contribution is -0.274. The highest BCUT2D eigenvalue weighted by atomic mass is 79.9. The molecule has 17 heavy (non-hydrogen) atoms. The van der Waals surface area contributed by atoms with Gasteiger partial charge in [-0.1, -0.05) is 12.1 Å². The number of hydrogen-bond acceptors (Lipinski definition) is 2. The highest BCUT2D eigenvalue weighted by molar-refractivity contribution is 9.13. The number of ether oxygens (including phenoxy) is 1. The molecule has 0 amide bonds. The van der Waals surface area contributed by atoms with Gasteiger partial charge in [-0.05, 0) is 37.9 Å². The zero-order valence-corrected chi connectivity index (χ0v) is 11.2. The summed E-state index contributed by atoms with van der Waals surface area (Å²) in [7, 11) is 0. The standard InChI is InChI=1S/C10H4Br2F3NO/c11-6-4-16-9-5(8(6)12)2-1-3-7(9)17-10(13,14)15/h1-4H. The van der Waals surface area contributed by atoms with Gasteiger partial charge in [0, 0.05) is 16.1 Å². The number of fused-ring (bicyclic) bond motifs is 1. The van der Waals surface area contributed by atoms with Crippen molar-refractivity contribution in [1.29, 1.82) is 0 Å². The van der Waals surface area contributed by atoms with Crippen LogP contribution in [0.25, 0.3) is 10.9 Å².